The van der Waals surface area contributed by atoms with Crippen LogP contribution in [0.1, 0.15) is 84.1 Å². The molecule has 1 unspecified atom stereocenters. The molecule has 1 aromatic rings. The number of nitrogens with one attached hydrogen (secondary N) is 2. The van der Waals surface area contributed by atoms with Crippen LogP contribution in [0.5, 0.6) is 0 Å². The number of rotatable bonds is 10. The van der Waals surface area contributed by atoms with Crippen LogP contribution in [0.2, 0.25) is 0 Å². The maximum absolute atomic E-state index is 13.6. The molecule has 0 radical (unpaired) electrons. The predicted molar refractivity (Wildman–Crippen MR) is 172 cm³/mol. The Balaban J connectivity index is 0.00000484. The lowest BCUT2D eigenvalue weighted by atomic mass is 9.91. The largest absolute Gasteiger partial charge is 0.444 e. The molecule has 3 amide bonds. The van der Waals surface area contributed by atoms with Crippen molar-refractivity contribution < 1.29 is 19.1 Å². The van der Waals surface area contributed by atoms with E-state index in [-0.39, 0.29) is 30.3 Å². The Morgan fingerprint density at radius 1 is 0.952 bits per heavy atom. The molecule has 236 valence electrons. The molecule has 1 saturated carbocycles. The van der Waals surface area contributed by atoms with E-state index < -0.39 is 23.8 Å². The van der Waals surface area contributed by atoms with Crippen molar-refractivity contribution in [3.05, 3.63) is 35.9 Å². The number of piperidine rings is 1. The van der Waals surface area contributed by atoms with E-state index in [2.05, 4.69) is 39.8 Å². The molecule has 2 N–H and O–H groups in total. The minimum Gasteiger partial charge on any atom is -0.444 e. The van der Waals surface area contributed by atoms with Gasteiger partial charge >= 0.3 is 6.09 Å². The summed E-state index contributed by atoms with van der Waals surface area (Å²) in [5.41, 5.74) is 0.676. The number of halogens is 1. The number of thioether (sulfide) groups is 1. The fourth-order valence-electron chi connectivity index (χ4n) is 6.11. The van der Waals surface area contributed by atoms with Gasteiger partial charge in [0, 0.05) is 38.0 Å². The van der Waals surface area contributed by atoms with Crippen LogP contribution in [0, 0.1) is 5.92 Å². The molecule has 10 heteroatoms. The van der Waals surface area contributed by atoms with Crippen LogP contribution in [0.3, 0.4) is 0 Å². The van der Waals surface area contributed by atoms with Gasteiger partial charge in [0.15, 0.2) is 0 Å². The van der Waals surface area contributed by atoms with Crippen molar-refractivity contribution in [1.82, 2.24) is 20.4 Å². The van der Waals surface area contributed by atoms with Crippen LogP contribution >= 0.6 is 24.2 Å². The van der Waals surface area contributed by atoms with Crippen molar-refractivity contribution in [3.8, 4) is 0 Å². The topological polar surface area (TPSA) is 91.0 Å². The van der Waals surface area contributed by atoms with E-state index in [4.69, 9.17) is 4.74 Å². The van der Waals surface area contributed by atoms with Crippen molar-refractivity contribution in [3.63, 3.8) is 0 Å². The molecule has 2 saturated heterocycles. The monoisotopic (exact) mass is 622 g/mol. The molecule has 0 spiro atoms. The smallest absolute Gasteiger partial charge is 0.410 e. The van der Waals surface area contributed by atoms with Crippen LogP contribution in [-0.4, -0.2) is 82.6 Å². The van der Waals surface area contributed by atoms with Gasteiger partial charge in [0.1, 0.15) is 17.7 Å². The molecule has 2 aliphatic heterocycles. The van der Waals surface area contributed by atoms with Gasteiger partial charge in [0.2, 0.25) is 11.8 Å². The summed E-state index contributed by atoms with van der Waals surface area (Å²) in [6, 6.07) is 9.35. The number of likely N-dealkylation sites (tertiary alicyclic amines) is 2. The van der Waals surface area contributed by atoms with Gasteiger partial charge in [-0.2, -0.15) is 11.8 Å². The number of amides is 3. The molecule has 0 aromatic heterocycles. The molecule has 4 rings (SSSR count). The highest BCUT2D eigenvalue weighted by Crippen LogP contribution is 2.27. The third-order valence-electron chi connectivity index (χ3n) is 8.36. The molecular weight excluding hydrogens is 572 g/mol. The molecule has 2 heterocycles. The molecule has 1 aromatic carbocycles. The lowest BCUT2D eigenvalue weighted by Gasteiger charge is -2.33. The highest BCUT2D eigenvalue weighted by molar-refractivity contribution is 7.99. The number of carbonyl (C=O) groups is 3. The van der Waals surface area contributed by atoms with Gasteiger partial charge in [-0.1, -0.05) is 49.6 Å². The summed E-state index contributed by atoms with van der Waals surface area (Å²) in [5.74, 6) is 1.88. The Kier molecular flexibility index (Phi) is 13.8. The lowest BCUT2D eigenvalue weighted by Crippen LogP contribution is -2.56. The molecular formula is C32H51ClN4O4S. The fourth-order valence-corrected chi connectivity index (χ4v) is 7.39. The molecule has 3 fully saturated rings. The minimum absolute atomic E-state index is 0. The van der Waals surface area contributed by atoms with E-state index in [1.807, 2.05) is 26.8 Å². The summed E-state index contributed by atoms with van der Waals surface area (Å²) in [7, 11) is 0. The molecule has 2 atom stereocenters. The second kappa shape index (κ2) is 16.8. The third kappa shape index (κ3) is 10.9. The van der Waals surface area contributed by atoms with Crippen molar-refractivity contribution in [2.45, 2.75) is 109 Å². The molecule has 1 aliphatic carbocycles. The second-order valence-electron chi connectivity index (χ2n) is 13.0. The van der Waals surface area contributed by atoms with Gasteiger partial charge in [-0.25, -0.2) is 4.79 Å². The average molecular weight is 623 g/mol. The Morgan fingerprint density at radius 2 is 1.64 bits per heavy atom. The standard InChI is InChI=1S/C32H50N4O4S.ClH/c1-32(2,3)40-31(39)36-18-10-15-28(36)30(38)34-27(23-41-22-25-13-8-5-9-14-25)29(37)33-26-16-19-35(20-17-26)21-24-11-6-4-7-12-24;/h4,6-7,11-12,25-28H,5,8-10,13-23H2,1-3H3,(H,33,37)(H,34,38);1H/t27-,28?;/m0./s1. The van der Waals surface area contributed by atoms with E-state index in [1.165, 1.54) is 42.6 Å². The minimum atomic E-state index is -0.629. The fraction of sp³-hybridized carbons (Fsp3) is 0.719. The van der Waals surface area contributed by atoms with Crippen LogP contribution in [0.25, 0.3) is 0 Å². The van der Waals surface area contributed by atoms with E-state index in [9.17, 15) is 14.4 Å². The summed E-state index contributed by atoms with van der Waals surface area (Å²) in [6.45, 7) is 8.75. The number of carbonyl (C=O) groups excluding carboxylic acids is 3. The molecule has 42 heavy (non-hydrogen) atoms. The number of nitrogens with zero attached hydrogens (tertiary/aromatic N) is 2. The first kappa shape index (κ1) is 34.5. The predicted octanol–water partition coefficient (Wildman–Crippen LogP) is 5.39. The van der Waals surface area contributed by atoms with E-state index in [1.54, 1.807) is 11.8 Å². The molecule has 0 bridgehead atoms. The Hall–Kier alpha value is -1.97. The highest BCUT2D eigenvalue weighted by atomic mass is 35.5. The van der Waals surface area contributed by atoms with E-state index in [0.29, 0.717) is 24.6 Å². The van der Waals surface area contributed by atoms with Gasteiger partial charge in [0.25, 0.3) is 0 Å². The first-order valence-corrected chi connectivity index (χ1v) is 16.8. The third-order valence-corrected chi connectivity index (χ3v) is 9.64. The van der Waals surface area contributed by atoms with Crippen molar-refractivity contribution in [2.75, 3.05) is 31.1 Å². The maximum Gasteiger partial charge on any atom is 0.410 e. The van der Waals surface area contributed by atoms with Gasteiger partial charge in [-0.15, -0.1) is 12.4 Å². The number of hydrogen-bond acceptors (Lipinski definition) is 6. The van der Waals surface area contributed by atoms with Crippen LogP contribution < -0.4 is 10.6 Å². The second-order valence-corrected chi connectivity index (χ2v) is 14.1. The van der Waals surface area contributed by atoms with Crippen molar-refractivity contribution in [2.24, 2.45) is 5.92 Å². The zero-order valence-corrected chi connectivity index (χ0v) is 27.3. The van der Waals surface area contributed by atoms with Crippen LogP contribution in [-0.2, 0) is 20.9 Å². The lowest BCUT2D eigenvalue weighted by molar-refractivity contribution is -0.131. The van der Waals surface area contributed by atoms with Crippen molar-refractivity contribution >= 4 is 42.1 Å². The van der Waals surface area contributed by atoms with Crippen molar-refractivity contribution in [1.29, 1.82) is 0 Å². The van der Waals surface area contributed by atoms with Gasteiger partial charge < -0.3 is 15.4 Å². The normalized spacial score (nSPS) is 21.3. The summed E-state index contributed by atoms with van der Waals surface area (Å²) in [6.07, 6.45) is 9.05. The summed E-state index contributed by atoms with van der Waals surface area (Å²) in [4.78, 5) is 43.8. The first-order chi connectivity index (χ1) is 19.7. The summed E-state index contributed by atoms with van der Waals surface area (Å²) < 4.78 is 5.55. The maximum atomic E-state index is 13.6. The average Bonchev–Trinajstić information content (AvgIpc) is 3.44. The number of hydrogen-bond donors (Lipinski definition) is 2. The Labute approximate surface area is 262 Å². The van der Waals surface area contributed by atoms with Gasteiger partial charge in [-0.05, 0) is 76.5 Å². The number of benzene rings is 1. The molecule has 3 aliphatic rings. The van der Waals surface area contributed by atoms with Crippen LogP contribution in [0.4, 0.5) is 4.79 Å². The Bertz CT molecular complexity index is 994. The van der Waals surface area contributed by atoms with Gasteiger partial charge in [-0.3, -0.25) is 19.4 Å². The highest BCUT2D eigenvalue weighted by Gasteiger charge is 2.38. The summed E-state index contributed by atoms with van der Waals surface area (Å²) >= 11 is 1.77. The van der Waals surface area contributed by atoms with E-state index in [0.717, 1.165) is 44.6 Å². The Morgan fingerprint density at radius 3 is 2.31 bits per heavy atom. The number of ether oxygens (including phenoxy) is 1. The first-order valence-electron chi connectivity index (χ1n) is 15.6. The van der Waals surface area contributed by atoms with Gasteiger partial charge in [0.05, 0.1) is 0 Å². The molecule has 8 nitrogen and oxygen atoms in total. The quantitative estimate of drug-likeness (QED) is 0.364. The zero-order valence-electron chi connectivity index (χ0n) is 25.6. The SMILES string of the molecule is CC(C)(C)OC(=O)N1CCCC1C(=O)N[C@@H](CSCC1CCCCC1)C(=O)NC1CCN(Cc2ccccc2)CC1.Cl. The zero-order chi connectivity index (χ0) is 29.2. The summed E-state index contributed by atoms with van der Waals surface area (Å²) in [5, 5.41) is 6.30. The van der Waals surface area contributed by atoms with E-state index >= 15 is 0 Å². The van der Waals surface area contributed by atoms with Crippen LogP contribution in [0.15, 0.2) is 30.3 Å².